The predicted octanol–water partition coefficient (Wildman–Crippen LogP) is 3.67. The summed E-state index contributed by atoms with van der Waals surface area (Å²) >= 11 is 0. The molecule has 0 amide bonds. The molecule has 3 atom stereocenters. The molecule has 1 fully saturated rings. The fourth-order valence-corrected chi connectivity index (χ4v) is 2.81. The number of rotatable bonds is 6. The lowest BCUT2D eigenvalue weighted by Crippen LogP contribution is -2.38. The first kappa shape index (κ1) is 16.2. The van der Waals surface area contributed by atoms with E-state index in [4.69, 9.17) is 0 Å². The largest absolute Gasteiger partial charge is 0.459 e. The molecule has 2 aliphatic rings. The van der Waals surface area contributed by atoms with Crippen LogP contribution in [0.15, 0.2) is 12.2 Å². The van der Waals surface area contributed by atoms with Gasteiger partial charge in [0.2, 0.25) is 0 Å². The minimum absolute atomic E-state index is 0.0707. The highest BCUT2D eigenvalue weighted by Gasteiger charge is 2.51. The van der Waals surface area contributed by atoms with Crippen LogP contribution in [0.1, 0.15) is 19.3 Å². The van der Waals surface area contributed by atoms with Crippen molar-refractivity contribution in [1.82, 2.24) is 0 Å². The molecule has 120 valence electrons. The zero-order valence-corrected chi connectivity index (χ0v) is 10.9. The van der Waals surface area contributed by atoms with Crippen molar-refractivity contribution >= 4 is 5.97 Å². The molecule has 2 aliphatic carbocycles. The highest BCUT2D eigenvalue weighted by atomic mass is 19.3. The number of hydrogen-bond donors (Lipinski definition) is 0. The van der Waals surface area contributed by atoms with Crippen molar-refractivity contribution in [2.75, 3.05) is 6.61 Å². The van der Waals surface area contributed by atoms with Crippen molar-refractivity contribution in [3.8, 4) is 0 Å². The van der Waals surface area contributed by atoms with Gasteiger partial charge >= 0.3 is 18.3 Å². The third kappa shape index (κ3) is 3.71. The van der Waals surface area contributed by atoms with Crippen LogP contribution in [-0.4, -0.2) is 30.8 Å². The van der Waals surface area contributed by atoms with Gasteiger partial charge in [0.1, 0.15) is 0 Å². The van der Waals surface area contributed by atoms with Gasteiger partial charge in [-0.25, -0.2) is 26.3 Å². The van der Waals surface area contributed by atoms with Gasteiger partial charge in [-0.1, -0.05) is 12.2 Å². The van der Waals surface area contributed by atoms with Crippen LogP contribution in [-0.2, 0) is 9.53 Å². The van der Waals surface area contributed by atoms with Crippen LogP contribution in [0.4, 0.5) is 26.3 Å². The Morgan fingerprint density at radius 3 is 2.33 bits per heavy atom. The number of carbonyl (C=O) groups excluding carboxylic acids is 1. The summed E-state index contributed by atoms with van der Waals surface area (Å²) in [5, 5.41) is 0. The monoisotopic (exact) mass is 316 g/mol. The molecule has 21 heavy (non-hydrogen) atoms. The molecular weight excluding hydrogens is 302 g/mol. The summed E-state index contributed by atoms with van der Waals surface area (Å²) in [5.41, 5.74) is 0. The number of halogens is 6. The summed E-state index contributed by atoms with van der Waals surface area (Å²) in [4.78, 5) is 11.7. The second-order valence-electron chi connectivity index (χ2n) is 5.59. The van der Waals surface area contributed by atoms with Gasteiger partial charge < -0.3 is 4.74 Å². The van der Waals surface area contributed by atoms with Crippen molar-refractivity contribution in [1.29, 1.82) is 0 Å². The number of esters is 1. The number of carbonyl (C=O) groups is 1. The first-order valence-corrected chi connectivity index (χ1v) is 6.49. The second kappa shape index (κ2) is 5.53. The summed E-state index contributed by atoms with van der Waals surface area (Å²) in [6.07, 6.45) is -1.55. The predicted molar refractivity (Wildman–Crippen MR) is 60.3 cm³/mol. The maximum absolute atomic E-state index is 13.2. The van der Waals surface area contributed by atoms with E-state index < -0.39 is 43.2 Å². The minimum atomic E-state index is -4.81. The van der Waals surface area contributed by atoms with Gasteiger partial charge in [-0.15, -0.1) is 0 Å². The summed E-state index contributed by atoms with van der Waals surface area (Å²) in [5.74, 6) is -10.3. The molecule has 0 spiro atoms. The Labute approximate surface area is 117 Å². The SMILES string of the molecule is O=C(OCC(F)(F)CC(F)(F)C(F)F)C1CC2C=CC1C2. The highest BCUT2D eigenvalue weighted by molar-refractivity contribution is 5.74. The summed E-state index contributed by atoms with van der Waals surface area (Å²) in [6, 6.07) is 0. The van der Waals surface area contributed by atoms with Crippen molar-refractivity contribution in [2.45, 2.75) is 37.5 Å². The minimum Gasteiger partial charge on any atom is -0.459 e. The van der Waals surface area contributed by atoms with E-state index in [1.54, 1.807) is 0 Å². The van der Waals surface area contributed by atoms with Crippen molar-refractivity contribution in [3.05, 3.63) is 12.2 Å². The molecule has 8 heteroatoms. The van der Waals surface area contributed by atoms with Crippen LogP contribution in [0.3, 0.4) is 0 Å². The van der Waals surface area contributed by atoms with E-state index >= 15 is 0 Å². The first-order chi connectivity index (χ1) is 9.61. The van der Waals surface area contributed by atoms with E-state index in [0.29, 0.717) is 6.42 Å². The lowest BCUT2D eigenvalue weighted by Gasteiger charge is -2.23. The summed E-state index contributed by atoms with van der Waals surface area (Å²) < 4.78 is 79.8. The lowest BCUT2D eigenvalue weighted by molar-refractivity contribution is -0.197. The van der Waals surface area contributed by atoms with Crippen LogP contribution in [0, 0.1) is 17.8 Å². The molecular formula is C13H14F6O2. The van der Waals surface area contributed by atoms with Crippen LogP contribution in [0.5, 0.6) is 0 Å². The van der Waals surface area contributed by atoms with Gasteiger partial charge in [0, 0.05) is 0 Å². The maximum Gasteiger partial charge on any atom is 0.313 e. The van der Waals surface area contributed by atoms with Gasteiger partial charge in [0.25, 0.3) is 5.92 Å². The van der Waals surface area contributed by atoms with E-state index in [9.17, 15) is 31.1 Å². The number of alkyl halides is 6. The normalized spacial score (nSPS) is 28.4. The molecule has 0 radical (unpaired) electrons. The Kier molecular flexibility index (Phi) is 4.26. The molecule has 2 rings (SSSR count). The van der Waals surface area contributed by atoms with Crippen LogP contribution < -0.4 is 0 Å². The zero-order chi connectivity index (χ0) is 15.8. The Hall–Kier alpha value is -1.21. The Morgan fingerprint density at radius 1 is 1.19 bits per heavy atom. The third-order valence-electron chi connectivity index (χ3n) is 3.82. The average Bonchev–Trinajstić information content (AvgIpc) is 2.96. The van der Waals surface area contributed by atoms with Crippen molar-refractivity contribution in [3.63, 3.8) is 0 Å². The fraction of sp³-hybridized carbons (Fsp3) is 0.769. The number of ether oxygens (including phenoxy) is 1. The molecule has 0 heterocycles. The van der Waals surface area contributed by atoms with E-state index in [1.807, 2.05) is 12.2 Å². The molecule has 3 unspecified atom stereocenters. The topological polar surface area (TPSA) is 26.3 Å². The first-order valence-electron chi connectivity index (χ1n) is 6.49. The van der Waals surface area contributed by atoms with E-state index in [1.165, 1.54) is 0 Å². The molecule has 0 saturated heterocycles. The molecule has 0 aromatic carbocycles. The van der Waals surface area contributed by atoms with E-state index in [2.05, 4.69) is 4.74 Å². The third-order valence-corrected chi connectivity index (χ3v) is 3.82. The van der Waals surface area contributed by atoms with Crippen LogP contribution in [0.25, 0.3) is 0 Å². The lowest BCUT2D eigenvalue weighted by atomic mass is 9.94. The zero-order valence-electron chi connectivity index (χ0n) is 10.9. The molecule has 0 aromatic heterocycles. The highest BCUT2D eigenvalue weighted by Crippen LogP contribution is 2.44. The molecule has 2 bridgehead atoms. The number of allylic oxidation sites excluding steroid dienone is 2. The maximum atomic E-state index is 13.2. The summed E-state index contributed by atoms with van der Waals surface area (Å²) in [6.45, 7) is -1.61. The number of fused-ring (bicyclic) bond motifs is 2. The second-order valence-corrected chi connectivity index (χ2v) is 5.59. The standard InChI is InChI=1S/C13H14F6O2/c14-11(15)13(18,19)5-12(16,17)6-21-10(20)9-4-7-1-2-8(9)3-7/h1-2,7-9,11H,3-6H2. The van der Waals surface area contributed by atoms with E-state index in [0.717, 1.165) is 6.42 Å². The van der Waals surface area contributed by atoms with Gasteiger partial charge in [0.05, 0.1) is 12.3 Å². The fourth-order valence-electron chi connectivity index (χ4n) is 2.81. The van der Waals surface area contributed by atoms with Gasteiger partial charge in [0.15, 0.2) is 6.61 Å². The Morgan fingerprint density at radius 2 is 1.86 bits per heavy atom. The Balaban J connectivity index is 1.84. The average molecular weight is 316 g/mol. The van der Waals surface area contributed by atoms with Gasteiger partial charge in [-0.3, -0.25) is 4.79 Å². The Bertz CT molecular complexity index is 434. The van der Waals surface area contributed by atoms with Crippen molar-refractivity contribution in [2.24, 2.45) is 17.8 Å². The van der Waals surface area contributed by atoms with Gasteiger partial charge in [-0.2, -0.15) is 0 Å². The quantitative estimate of drug-likeness (QED) is 0.425. The molecule has 0 aliphatic heterocycles. The summed E-state index contributed by atoms with van der Waals surface area (Å²) in [7, 11) is 0. The van der Waals surface area contributed by atoms with Gasteiger partial charge in [-0.05, 0) is 24.7 Å². The number of hydrogen-bond acceptors (Lipinski definition) is 2. The van der Waals surface area contributed by atoms with E-state index in [-0.39, 0.29) is 11.8 Å². The smallest absolute Gasteiger partial charge is 0.313 e. The molecule has 1 saturated carbocycles. The van der Waals surface area contributed by atoms with Crippen LogP contribution >= 0.6 is 0 Å². The molecule has 0 aromatic rings. The molecule has 0 N–H and O–H groups in total. The van der Waals surface area contributed by atoms with Crippen LogP contribution in [0.2, 0.25) is 0 Å². The molecule has 2 nitrogen and oxygen atoms in total. The van der Waals surface area contributed by atoms with Crippen molar-refractivity contribution < 1.29 is 35.9 Å².